The summed E-state index contributed by atoms with van der Waals surface area (Å²) in [5, 5.41) is 10.6. The van der Waals surface area contributed by atoms with E-state index in [9.17, 15) is 5.11 Å². The minimum absolute atomic E-state index is 0.308. The van der Waals surface area contributed by atoms with Gasteiger partial charge in [-0.25, -0.2) is 4.98 Å². The maximum Gasteiger partial charge on any atom is 0.129 e. The molecule has 1 heterocycles. The number of methoxy groups -OCH3 is 2. The maximum atomic E-state index is 10.6. The Labute approximate surface area is 118 Å². The molecular formula is C15H18N2O3. The topological polar surface area (TPSA) is 77.6 Å². The van der Waals surface area contributed by atoms with Gasteiger partial charge in [-0.1, -0.05) is 0 Å². The summed E-state index contributed by atoms with van der Waals surface area (Å²) in [5.74, 6) is 1.52. The lowest BCUT2D eigenvalue weighted by Crippen LogP contribution is -2.09. The number of aryl methyl sites for hydroxylation is 1. The Balaban J connectivity index is 2.55. The summed E-state index contributed by atoms with van der Waals surface area (Å²) in [7, 11) is 3.12. The number of nitrogens with zero attached hydrogens (tertiary/aromatic N) is 1. The zero-order chi connectivity index (χ0) is 14.7. The smallest absolute Gasteiger partial charge is 0.129 e. The number of rotatable bonds is 4. The van der Waals surface area contributed by atoms with Crippen LogP contribution in [0.25, 0.3) is 0 Å². The molecule has 5 heteroatoms. The number of ether oxygens (including phenoxy) is 2. The number of benzene rings is 1. The molecule has 0 spiro atoms. The number of pyridine rings is 1. The molecule has 1 atom stereocenters. The van der Waals surface area contributed by atoms with Gasteiger partial charge < -0.3 is 20.3 Å². The molecule has 106 valence electrons. The van der Waals surface area contributed by atoms with Crippen LogP contribution in [0.5, 0.6) is 11.5 Å². The molecule has 1 aromatic heterocycles. The first-order valence-electron chi connectivity index (χ1n) is 6.19. The Bertz CT molecular complexity index is 594. The van der Waals surface area contributed by atoms with E-state index in [1.165, 1.54) is 0 Å². The van der Waals surface area contributed by atoms with Crippen molar-refractivity contribution in [2.24, 2.45) is 0 Å². The predicted molar refractivity (Wildman–Crippen MR) is 77.0 cm³/mol. The van der Waals surface area contributed by atoms with Crippen LogP contribution in [0.15, 0.2) is 30.5 Å². The molecule has 5 nitrogen and oxygen atoms in total. The first kappa shape index (κ1) is 14.1. The van der Waals surface area contributed by atoms with Crippen molar-refractivity contribution < 1.29 is 14.6 Å². The first-order chi connectivity index (χ1) is 9.58. The van der Waals surface area contributed by atoms with E-state index in [-0.39, 0.29) is 0 Å². The van der Waals surface area contributed by atoms with Gasteiger partial charge in [0.1, 0.15) is 23.4 Å². The van der Waals surface area contributed by atoms with Gasteiger partial charge in [-0.2, -0.15) is 0 Å². The minimum Gasteiger partial charge on any atom is -0.497 e. The fraction of sp³-hybridized carbons (Fsp3) is 0.267. The van der Waals surface area contributed by atoms with Gasteiger partial charge in [0.2, 0.25) is 0 Å². The van der Waals surface area contributed by atoms with Crippen LogP contribution >= 0.6 is 0 Å². The van der Waals surface area contributed by atoms with E-state index < -0.39 is 6.10 Å². The molecule has 0 fully saturated rings. The molecule has 0 bridgehead atoms. The number of hydrogen-bond donors (Lipinski definition) is 2. The molecular weight excluding hydrogens is 256 g/mol. The van der Waals surface area contributed by atoms with E-state index in [1.807, 2.05) is 13.0 Å². The summed E-state index contributed by atoms with van der Waals surface area (Å²) in [6.07, 6.45) is 0.692. The van der Waals surface area contributed by atoms with Gasteiger partial charge in [0.05, 0.1) is 14.2 Å². The van der Waals surface area contributed by atoms with Crippen LogP contribution in [0.4, 0.5) is 5.82 Å². The van der Waals surface area contributed by atoms with E-state index in [1.54, 1.807) is 38.6 Å². The zero-order valence-corrected chi connectivity index (χ0v) is 11.8. The molecule has 0 aliphatic heterocycles. The summed E-state index contributed by atoms with van der Waals surface area (Å²) in [5.41, 5.74) is 7.92. The number of aliphatic hydroxyl groups excluding tert-OH is 1. The monoisotopic (exact) mass is 274 g/mol. The molecule has 2 rings (SSSR count). The van der Waals surface area contributed by atoms with E-state index >= 15 is 0 Å². The average Bonchev–Trinajstić information content (AvgIpc) is 2.46. The fourth-order valence-electron chi connectivity index (χ4n) is 2.16. The summed E-state index contributed by atoms with van der Waals surface area (Å²) in [6, 6.07) is 7.06. The van der Waals surface area contributed by atoms with E-state index in [2.05, 4.69) is 4.98 Å². The molecule has 20 heavy (non-hydrogen) atoms. The molecule has 0 saturated carbocycles. The number of hydrogen-bond acceptors (Lipinski definition) is 5. The highest BCUT2D eigenvalue weighted by molar-refractivity contribution is 5.52. The Kier molecular flexibility index (Phi) is 4.10. The first-order valence-corrected chi connectivity index (χ1v) is 6.19. The van der Waals surface area contributed by atoms with Gasteiger partial charge in [0.15, 0.2) is 0 Å². The molecule has 0 radical (unpaired) electrons. The summed E-state index contributed by atoms with van der Waals surface area (Å²) in [6.45, 7) is 1.88. The van der Waals surface area contributed by atoms with Gasteiger partial charge in [-0.15, -0.1) is 0 Å². The Morgan fingerprint density at radius 3 is 2.55 bits per heavy atom. The number of aromatic nitrogens is 1. The molecule has 0 aliphatic carbocycles. The van der Waals surface area contributed by atoms with Crippen molar-refractivity contribution in [3.8, 4) is 11.5 Å². The highest BCUT2D eigenvalue weighted by atomic mass is 16.5. The van der Waals surface area contributed by atoms with Gasteiger partial charge in [0, 0.05) is 17.3 Å². The van der Waals surface area contributed by atoms with Gasteiger partial charge >= 0.3 is 0 Å². The lowest BCUT2D eigenvalue weighted by atomic mass is 9.97. The van der Waals surface area contributed by atoms with Crippen LogP contribution in [-0.4, -0.2) is 24.3 Å². The van der Waals surface area contributed by atoms with Gasteiger partial charge in [-0.3, -0.25) is 0 Å². The van der Waals surface area contributed by atoms with Crippen LogP contribution in [0.2, 0.25) is 0 Å². The maximum absolute atomic E-state index is 10.6. The number of nitrogens with two attached hydrogens (primary N) is 1. The Hall–Kier alpha value is -2.27. The normalized spacial score (nSPS) is 12.0. The van der Waals surface area contributed by atoms with Crippen LogP contribution in [-0.2, 0) is 0 Å². The standard InChI is InChI=1S/C15H18N2O3/c1-9-6-7-17-15(16)13(9)14(18)11-8-10(19-2)4-5-12(11)20-3/h4-8,14,18H,1-3H3,(H2,16,17). The molecule has 0 aliphatic rings. The highest BCUT2D eigenvalue weighted by Crippen LogP contribution is 2.35. The summed E-state index contributed by atoms with van der Waals surface area (Å²) >= 11 is 0. The average molecular weight is 274 g/mol. The third-order valence-electron chi connectivity index (χ3n) is 3.24. The lowest BCUT2D eigenvalue weighted by molar-refractivity contribution is 0.214. The summed E-state index contributed by atoms with van der Waals surface area (Å²) in [4.78, 5) is 4.03. The predicted octanol–water partition coefficient (Wildman–Crippen LogP) is 2.07. The summed E-state index contributed by atoms with van der Waals surface area (Å²) < 4.78 is 10.5. The second-order valence-electron chi connectivity index (χ2n) is 4.44. The molecule has 1 unspecified atom stereocenters. The van der Waals surface area contributed by atoms with Crippen molar-refractivity contribution >= 4 is 5.82 Å². The van der Waals surface area contributed by atoms with E-state index in [4.69, 9.17) is 15.2 Å². The Morgan fingerprint density at radius 1 is 1.20 bits per heavy atom. The number of nitrogen functional groups attached to an aromatic ring is 1. The molecule has 2 aromatic rings. The van der Waals surface area contributed by atoms with Crippen LogP contribution in [0.3, 0.4) is 0 Å². The van der Waals surface area contributed by atoms with Crippen LogP contribution in [0.1, 0.15) is 22.8 Å². The van der Waals surface area contributed by atoms with Gasteiger partial charge in [0.25, 0.3) is 0 Å². The van der Waals surface area contributed by atoms with Crippen molar-refractivity contribution in [3.05, 3.63) is 47.2 Å². The highest BCUT2D eigenvalue weighted by Gasteiger charge is 2.21. The van der Waals surface area contributed by atoms with Crippen molar-refractivity contribution in [2.75, 3.05) is 20.0 Å². The zero-order valence-electron chi connectivity index (χ0n) is 11.8. The molecule has 1 aromatic carbocycles. The molecule has 3 N–H and O–H groups in total. The number of anilines is 1. The van der Waals surface area contributed by atoms with Crippen LogP contribution in [0, 0.1) is 6.92 Å². The van der Waals surface area contributed by atoms with Crippen LogP contribution < -0.4 is 15.2 Å². The second-order valence-corrected chi connectivity index (χ2v) is 4.44. The fourth-order valence-corrected chi connectivity index (χ4v) is 2.16. The lowest BCUT2D eigenvalue weighted by Gasteiger charge is -2.19. The quantitative estimate of drug-likeness (QED) is 0.892. The third kappa shape index (κ3) is 2.53. The largest absolute Gasteiger partial charge is 0.497 e. The molecule has 0 saturated heterocycles. The third-order valence-corrected chi connectivity index (χ3v) is 3.24. The van der Waals surface area contributed by atoms with Crippen molar-refractivity contribution in [1.29, 1.82) is 0 Å². The number of aliphatic hydroxyl groups is 1. The SMILES string of the molecule is COc1ccc(OC)c(C(O)c2c(C)ccnc2N)c1. The van der Waals surface area contributed by atoms with E-state index in [0.717, 1.165) is 5.56 Å². The Morgan fingerprint density at radius 2 is 1.95 bits per heavy atom. The van der Waals surface area contributed by atoms with Crippen molar-refractivity contribution in [1.82, 2.24) is 4.98 Å². The van der Waals surface area contributed by atoms with Crippen molar-refractivity contribution in [2.45, 2.75) is 13.0 Å². The molecule has 0 amide bonds. The minimum atomic E-state index is -0.922. The van der Waals surface area contributed by atoms with E-state index in [0.29, 0.717) is 28.4 Å². The second kappa shape index (κ2) is 5.79. The van der Waals surface area contributed by atoms with Crippen molar-refractivity contribution in [3.63, 3.8) is 0 Å². The van der Waals surface area contributed by atoms with Gasteiger partial charge in [-0.05, 0) is 36.8 Å².